The first-order valence-corrected chi connectivity index (χ1v) is 6.94. The van der Waals surface area contributed by atoms with Gasteiger partial charge in [0.2, 0.25) is 0 Å². The maximum Gasteiger partial charge on any atom is 0.0939 e. The summed E-state index contributed by atoms with van der Waals surface area (Å²) >= 11 is 0. The number of rotatable bonds is 1. The molecular weight excluding hydrogens is 208 g/mol. The lowest BCUT2D eigenvalue weighted by atomic mass is 9.72. The summed E-state index contributed by atoms with van der Waals surface area (Å²) in [6, 6.07) is 8.78. The molecule has 1 aromatic rings. The minimum Gasteiger partial charge on any atom is -0.366 e. The van der Waals surface area contributed by atoms with E-state index >= 15 is 0 Å². The summed E-state index contributed by atoms with van der Waals surface area (Å²) in [7, 11) is 0. The molecule has 1 saturated carbocycles. The van der Waals surface area contributed by atoms with Crippen LogP contribution in [0.1, 0.15) is 50.7 Å². The molecule has 92 valence electrons. The van der Waals surface area contributed by atoms with Crippen LogP contribution < -0.4 is 0 Å². The summed E-state index contributed by atoms with van der Waals surface area (Å²) in [4.78, 5) is 0. The van der Waals surface area contributed by atoms with Crippen LogP contribution in [-0.2, 0) is 16.9 Å². The maximum absolute atomic E-state index is 6.18. The number of ether oxygens (including phenoxy) is 1. The lowest BCUT2D eigenvalue weighted by molar-refractivity contribution is -0.0757. The lowest BCUT2D eigenvalue weighted by Gasteiger charge is -2.38. The molecule has 3 rings (SSSR count). The molecule has 2 aliphatic rings. The van der Waals surface area contributed by atoms with Gasteiger partial charge in [-0.3, -0.25) is 0 Å². The van der Waals surface area contributed by atoms with Crippen molar-refractivity contribution in [3.8, 4) is 0 Å². The molecule has 0 amide bonds. The summed E-state index contributed by atoms with van der Waals surface area (Å²) in [6.07, 6.45) is 5.08. The SMILES string of the molecule is CC(C)C1CCC2(CC1)OCc1ccccc12. The lowest BCUT2D eigenvalue weighted by Crippen LogP contribution is -2.32. The molecule has 1 nitrogen and oxygen atoms in total. The molecule has 1 fully saturated rings. The number of fused-ring (bicyclic) bond motifs is 2. The first kappa shape index (κ1) is 11.3. The van der Waals surface area contributed by atoms with Crippen molar-refractivity contribution >= 4 is 0 Å². The van der Waals surface area contributed by atoms with Gasteiger partial charge in [-0.2, -0.15) is 0 Å². The van der Waals surface area contributed by atoms with Crippen LogP contribution in [0.3, 0.4) is 0 Å². The number of hydrogen-bond donors (Lipinski definition) is 0. The monoisotopic (exact) mass is 230 g/mol. The molecule has 0 saturated heterocycles. The van der Waals surface area contributed by atoms with Crippen molar-refractivity contribution in [1.82, 2.24) is 0 Å². The molecular formula is C16H22O. The van der Waals surface area contributed by atoms with Crippen molar-refractivity contribution in [3.63, 3.8) is 0 Å². The van der Waals surface area contributed by atoms with E-state index < -0.39 is 0 Å². The third kappa shape index (κ3) is 1.81. The van der Waals surface area contributed by atoms with Crippen molar-refractivity contribution in [2.24, 2.45) is 11.8 Å². The molecule has 1 spiro atoms. The molecule has 1 heterocycles. The molecule has 0 N–H and O–H groups in total. The zero-order chi connectivity index (χ0) is 11.9. The second kappa shape index (κ2) is 4.13. The first-order valence-electron chi connectivity index (χ1n) is 6.94. The van der Waals surface area contributed by atoms with Crippen molar-refractivity contribution in [3.05, 3.63) is 35.4 Å². The van der Waals surface area contributed by atoms with Gasteiger partial charge in [-0.15, -0.1) is 0 Å². The fourth-order valence-corrected chi connectivity index (χ4v) is 3.57. The van der Waals surface area contributed by atoms with E-state index in [0.29, 0.717) is 0 Å². The van der Waals surface area contributed by atoms with Crippen LogP contribution in [0.25, 0.3) is 0 Å². The number of hydrogen-bond acceptors (Lipinski definition) is 1. The minimum absolute atomic E-state index is 0.0714. The van der Waals surface area contributed by atoms with Gasteiger partial charge in [0.25, 0.3) is 0 Å². The standard InChI is InChI=1S/C16H22O/c1-12(2)13-7-9-16(10-8-13)15-6-4-3-5-14(15)11-17-16/h3-6,12-13H,7-11H2,1-2H3. The van der Waals surface area contributed by atoms with E-state index in [-0.39, 0.29) is 5.60 Å². The Morgan fingerprint density at radius 2 is 1.88 bits per heavy atom. The molecule has 0 unspecified atom stereocenters. The second-order valence-corrected chi connectivity index (χ2v) is 6.02. The fraction of sp³-hybridized carbons (Fsp3) is 0.625. The van der Waals surface area contributed by atoms with Crippen LogP contribution in [0.2, 0.25) is 0 Å². The highest BCUT2D eigenvalue weighted by molar-refractivity contribution is 5.35. The third-order valence-electron chi connectivity index (χ3n) is 4.79. The second-order valence-electron chi connectivity index (χ2n) is 6.02. The van der Waals surface area contributed by atoms with Crippen molar-refractivity contribution < 1.29 is 4.74 Å². The van der Waals surface area contributed by atoms with Crippen LogP contribution in [-0.4, -0.2) is 0 Å². The van der Waals surface area contributed by atoms with Crippen LogP contribution in [0, 0.1) is 11.8 Å². The van der Waals surface area contributed by atoms with Gasteiger partial charge in [-0.1, -0.05) is 38.1 Å². The molecule has 1 heteroatoms. The summed E-state index contributed by atoms with van der Waals surface area (Å²) in [5.41, 5.74) is 2.96. The van der Waals surface area contributed by atoms with E-state index in [2.05, 4.69) is 38.1 Å². The zero-order valence-electron chi connectivity index (χ0n) is 10.9. The van der Waals surface area contributed by atoms with Crippen molar-refractivity contribution in [1.29, 1.82) is 0 Å². The highest BCUT2D eigenvalue weighted by Gasteiger charge is 2.42. The quantitative estimate of drug-likeness (QED) is 0.700. The summed E-state index contributed by atoms with van der Waals surface area (Å²) < 4.78 is 6.18. The maximum atomic E-state index is 6.18. The Morgan fingerprint density at radius 1 is 1.18 bits per heavy atom. The highest BCUT2D eigenvalue weighted by atomic mass is 16.5. The van der Waals surface area contributed by atoms with Gasteiger partial charge in [-0.05, 0) is 48.6 Å². The van der Waals surface area contributed by atoms with Gasteiger partial charge < -0.3 is 4.74 Å². The smallest absolute Gasteiger partial charge is 0.0939 e. The summed E-state index contributed by atoms with van der Waals surface area (Å²) in [5, 5.41) is 0. The van der Waals surface area contributed by atoms with Gasteiger partial charge in [0.05, 0.1) is 12.2 Å². The van der Waals surface area contributed by atoms with Gasteiger partial charge in [0.1, 0.15) is 0 Å². The molecule has 0 bridgehead atoms. The van der Waals surface area contributed by atoms with Crippen LogP contribution in [0.5, 0.6) is 0 Å². The van der Waals surface area contributed by atoms with Crippen molar-refractivity contribution in [2.75, 3.05) is 0 Å². The Bertz CT molecular complexity index is 400. The van der Waals surface area contributed by atoms with E-state index in [4.69, 9.17) is 4.74 Å². The van der Waals surface area contributed by atoms with Gasteiger partial charge in [0, 0.05) is 0 Å². The van der Waals surface area contributed by atoms with E-state index in [1.165, 1.54) is 36.8 Å². The Labute approximate surface area is 104 Å². The van der Waals surface area contributed by atoms with Crippen LogP contribution in [0.4, 0.5) is 0 Å². The van der Waals surface area contributed by atoms with E-state index in [1.807, 2.05) is 0 Å². The van der Waals surface area contributed by atoms with Gasteiger partial charge in [0.15, 0.2) is 0 Å². The van der Waals surface area contributed by atoms with Gasteiger partial charge in [-0.25, -0.2) is 0 Å². The van der Waals surface area contributed by atoms with Gasteiger partial charge >= 0.3 is 0 Å². The molecule has 1 aromatic carbocycles. The Kier molecular flexibility index (Phi) is 2.74. The Hall–Kier alpha value is -0.820. The average Bonchev–Trinajstić information content (AvgIpc) is 2.70. The topological polar surface area (TPSA) is 9.23 Å². The van der Waals surface area contributed by atoms with Crippen molar-refractivity contribution in [2.45, 2.75) is 51.7 Å². The summed E-state index contributed by atoms with van der Waals surface area (Å²) in [6.45, 7) is 5.53. The average molecular weight is 230 g/mol. The molecule has 1 aliphatic heterocycles. The van der Waals surface area contributed by atoms with E-state index in [1.54, 1.807) is 0 Å². The van der Waals surface area contributed by atoms with Crippen LogP contribution in [0.15, 0.2) is 24.3 Å². The predicted molar refractivity (Wildman–Crippen MR) is 69.7 cm³/mol. The molecule has 0 radical (unpaired) electrons. The normalized spacial score (nSPS) is 32.1. The molecule has 1 aliphatic carbocycles. The third-order valence-corrected chi connectivity index (χ3v) is 4.79. The highest BCUT2D eigenvalue weighted by Crippen LogP contribution is 2.49. The predicted octanol–water partition coefficient (Wildman–Crippen LogP) is 4.26. The van der Waals surface area contributed by atoms with E-state index in [0.717, 1.165) is 18.4 Å². The molecule has 0 atom stereocenters. The van der Waals surface area contributed by atoms with E-state index in [9.17, 15) is 0 Å². The van der Waals surface area contributed by atoms with Crippen LogP contribution >= 0.6 is 0 Å². The summed E-state index contributed by atoms with van der Waals surface area (Å²) in [5.74, 6) is 1.72. The first-order chi connectivity index (χ1) is 8.21. The minimum atomic E-state index is 0.0714. The Balaban J connectivity index is 1.82. The molecule has 0 aromatic heterocycles. The fourth-order valence-electron chi connectivity index (χ4n) is 3.57. The molecule has 17 heavy (non-hydrogen) atoms. The largest absolute Gasteiger partial charge is 0.366 e. The number of benzene rings is 1. The zero-order valence-corrected chi connectivity index (χ0v) is 10.9. The Morgan fingerprint density at radius 3 is 2.59 bits per heavy atom.